The minimum atomic E-state index is -0.164. The van der Waals surface area contributed by atoms with Crippen LogP contribution < -0.4 is 0 Å². The number of ether oxygens (including phenoxy) is 1. The molecule has 2 heteroatoms. The van der Waals surface area contributed by atoms with Crippen molar-refractivity contribution in [1.29, 1.82) is 0 Å². The summed E-state index contributed by atoms with van der Waals surface area (Å²) in [6.45, 7) is 0. The number of rotatable bonds is 1. The van der Waals surface area contributed by atoms with Gasteiger partial charge in [0.15, 0.2) is 0 Å². The highest BCUT2D eigenvalue weighted by atomic mass is 19.1. The molecule has 0 N–H and O–H groups in total. The van der Waals surface area contributed by atoms with Crippen molar-refractivity contribution in [2.75, 3.05) is 7.11 Å². The quantitative estimate of drug-likeness (QED) is 0.523. The second-order valence-electron chi connectivity index (χ2n) is 1.96. The summed E-state index contributed by atoms with van der Waals surface area (Å²) < 4.78 is 17.2. The zero-order valence-electron chi connectivity index (χ0n) is 5.30. The van der Waals surface area contributed by atoms with Crippen molar-refractivity contribution < 1.29 is 9.13 Å². The van der Waals surface area contributed by atoms with Gasteiger partial charge < -0.3 is 4.74 Å². The molecule has 0 aliphatic heterocycles. The lowest BCUT2D eigenvalue weighted by Gasteiger charge is -2.10. The Morgan fingerprint density at radius 2 is 2.56 bits per heavy atom. The largest absolute Gasteiger partial charge is 0.377 e. The maximum Gasteiger partial charge on any atom is 0.119 e. The first kappa shape index (κ1) is 6.49. The molecule has 1 aliphatic rings. The SMILES string of the molecule is COC1C=CC(F)=CC1. The molecule has 0 heterocycles. The molecule has 0 saturated heterocycles. The fraction of sp³-hybridized carbons (Fsp3) is 0.429. The van der Waals surface area contributed by atoms with Crippen molar-refractivity contribution in [2.24, 2.45) is 0 Å². The van der Waals surface area contributed by atoms with Crippen molar-refractivity contribution in [2.45, 2.75) is 12.5 Å². The Bertz CT molecular complexity index is 149. The van der Waals surface area contributed by atoms with Crippen molar-refractivity contribution in [3.05, 3.63) is 24.1 Å². The first-order valence-electron chi connectivity index (χ1n) is 2.89. The second-order valence-corrected chi connectivity index (χ2v) is 1.96. The molecule has 1 unspecified atom stereocenters. The summed E-state index contributed by atoms with van der Waals surface area (Å²) >= 11 is 0. The molecular formula is C7H9FO. The van der Waals surface area contributed by atoms with E-state index in [0.29, 0.717) is 6.42 Å². The van der Waals surface area contributed by atoms with Gasteiger partial charge in [-0.05, 0) is 18.6 Å². The van der Waals surface area contributed by atoms with E-state index >= 15 is 0 Å². The minimum absolute atomic E-state index is 0.0736. The highest BCUT2D eigenvalue weighted by Gasteiger charge is 2.05. The van der Waals surface area contributed by atoms with Gasteiger partial charge in [-0.2, -0.15) is 0 Å². The van der Waals surface area contributed by atoms with E-state index in [4.69, 9.17) is 4.74 Å². The Hall–Kier alpha value is -0.630. The lowest BCUT2D eigenvalue weighted by atomic mass is 10.1. The molecule has 1 nitrogen and oxygen atoms in total. The first-order chi connectivity index (χ1) is 4.33. The third kappa shape index (κ3) is 1.64. The maximum absolute atomic E-state index is 12.2. The first-order valence-corrected chi connectivity index (χ1v) is 2.89. The molecule has 0 bridgehead atoms. The molecule has 0 fully saturated rings. The number of hydrogen-bond donors (Lipinski definition) is 0. The van der Waals surface area contributed by atoms with Crippen molar-refractivity contribution in [3.8, 4) is 0 Å². The van der Waals surface area contributed by atoms with Gasteiger partial charge in [-0.25, -0.2) is 4.39 Å². The van der Waals surface area contributed by atoms with Crippen LogP contribution in [0.1, 0.15) is 6.42 Å². The Morgan fingerprint density at radius 1 is 1.78 bits per heavy atom. The van der Waals surface area contributed by atoms with E-state index in [9.17, 15) is 4.39 Å². The lowest BCUT2D eigenvalue weighted by Crippen LogP contribution is -2.07. The average Bonchev–Trinajstić information content (AvgIpc) is 1.90. The van der Waals surface area contributed by atoms with Crippen molar-refractivity contribution in [1.82, 2.24) is 0 Å². The smallest absolute Gasteiger partial charge is 0.119 e. The van der Waals surface area contributed by atoms with E-state index in [1.807, 2.05) is 0 Å². The molecule has 50 valence electrons. The third-order valence-corrected chi connectivity index (χ3v) is 1.32. The molecule has 0 aromatic heterocycles. The van der Waals surface area contributed by atoms with Crippen LogP contribution >= 0.6 is 0 Å². The van der Waals surface area contributed by atoms with E-state index in [1.165, 1.54) is 12.2 Å². The molecule has 0 amide bonds. The van der Waals surface area contributed by atoms with Gasteiger partial charge in [0.05, 0.1) is 6.10 Å². The maximum atomic E-state index is 12.2. The molecule has 1 aliphatic carbocycles. The number of halogens is 1. The lowest BCUT2D eigenvalue weighted by molar-refractivity contribution is 0.141. The van der Waals surface area contributed by atoms with Gasteiger partial charge in [0.2, 0.25) is 0 Å². The van der Waals surface area contributed by atoms with Gasteiger partial charge >= 0.3 is 0 Å². The molecule has 1 atom stereocenters. The molecule has 0 radical (unpaired) electrons. The van der Waals surface area contributed by atoms with Crippen LogP contribution in [0.2, 0.25) is 0 Å². The van der Waals surface area contributed by atoms with Gasteiger partial charge in [0, 0.05) is 7.11 Å². The zero-order chi connectivity index (χ0) is 6.69. The van der Waals surface area contributed by atoms with Crippen LogP contribution in [0.15, 0.2) is 24.1 Å². The highest BCUT2D eigenvalue weighted by molar-refractivity contribution is 5.18. The van der Waals surface area contributed by atoms with Crippen LogP contribution in [0.25, 0.3) is 0 Å². The second kappa shape index (κ2) is 2.78. The Morgan fingerprint density at radius 3 is 3.00 bits per heavy atom. The summed E-state index contributed by atoms with van der Waals surface area (Å²) in [7, 11) is 1.62. The number of methoxy groups -OCH3 is 1. The molecule has 9 heavy (non-hydrogen) atoms. The van der Waals surface area contributed by atoms with Crippen LogP contribution in [0.3, 0.4) is 0 Å². The molecular weight excluding hydrogens is 119 g/mol. The van der Waals surface area contributed by atoms with Gasteiger partial charge in [0.1, 0.15) is 5.83 Å². The third-order valence-electron chi connectivity index (χ3n) is 1.32. The molecule has 1 rings (SSSR count). The van der Waals surface area contributed by atoms with Crippen LogP contribution in [0.5, 0.6) is 0 Å². The van der Waals surface area contributed by atoms with Gasteiger partial charge in [-0.1, -0.05) is 6.08 Å². The molecule has 0 spiro atoms. The standard InChI is InChI=1S/C7H9FO/c1-9-7-4-2-6(8)3-5-7/h2-4,7H,5H2,1H3. The van der Waals surface area contributed by atoms with E-state index in [1.54, 1.807) is 13.2 Å². The monoisotopic (exact) mass is 128 g/mol. The van der Waals surface area contributed by atoms with Crippen LogP contribution in [-0.4, -0.2) is 13.2 Å². The summed E-state index contributed by atoms with van der Waals surface area (Å²) in [6.07, 6.45) is 5.39. The average molecular weight is 128 g/mol. The summed E-state index contributed by atoms with van der Waals surface area (Å²) in [5.41, 5.74) is 0. The van der Waals surface area contributed by atoms with E-state index in [2.05, 4.69) is 0 Å². The summed E-state index contributed by atoms with van der Waals surface area (Å²) in [4.78, 5) is 0. The predicted molar refractivity (Wildman–Crippen MR) is 33.7 cm³/mol. The van der Waals surface area contributed by atoms with E-state index < -0.39 is 0 Å². The number of hydrogen-bond acceptors (Lipinski definition) is 1. The minimum Gasteiger partial charge on any atom is -0.377 e. The fourth-order valence-corrected chi connectivity index (χ4v) is 0.749. The predicted octanol–water partition coefficient (Wildman–Crippen LogP) is 1.81. The Labute approximate surface area is 53.8 Å². The summed E-state index contributed by atoms with van der Waals surface area (Å²) in [5, 5.41) is 0. The van der Waals surface area contributed by atoms with Crippen LogP contribution in [0, 0.1) is 0 Å². The Balaban J connectivity index is 2.48. The topological polar surface area (TPSA) is 9.23 Å². The fourth-order valence-electron chi connectivity index (χ4n) is 0.749. The zero-order valence-corrected chi connectivity index (χ0v) is 5.30. The summed E-state index contributed by atoms with van der Waals surface area (Å²) in [6, 6.07) is 0. The molecule has 0 aromatic rings. The Kier molecular flexibility index (Phi) is 2.01. The molecule has 0 aromatic carbocycles. The van der Waals surface area contributed by atoms with Gasteiger partial charge in [0.25, 0.3) is 0 Å². The van der Waals surface area contributed by atoms with Gasteiger partial charge in [-0.15, -0.1) is 0 Å². The van der Waals surface area contributed by atoms with Gasteiger partial charge in [-0.3, -0.25) is 0 Å². The highest BCUT2D eigenvalue weighted by Crippen LogP contribution is 2.12. The van der Waals surface area contributed by atoms with Crippen LogP contribution in [-0.2, 0) is 4.74 Å². The van der Waals surface area contributed by atoms with Crippen molar-refractivity contribution in [3.63, 3.8) is 0 Å². The normalized spacial score (nSPS) is 26.0. The molecule has 0 saturated carbocycles. The van der Waals surface area contributed by atoms with E-state index in [-0.39, 0.29) is 11.9 Å². The number of allylic oxidation sites excluding steroid dienone is 2. The van der Waals surface area contributed by atoms with Crippen LogP contribution in [0.4, 0.5) is 4.39 Å². The van der Waals surface area contributed by atoms with Crippen molar-refractivity contribution >= 4 is 0 Å². The summed E-state index contributed by atoms with van der Waals surface area (Å²) in [5.74, 6) is -0.164. The van der Waals surface area contributed by atoms with E-state index in [0.717, 1.165) is 0 Å².